The van der Waals surface area contributed by atoms with Crippen molar-refractivity contribution in [1.82, 2.24) is 0 Å². The van der Waals surface area contributed by atoms with Gasteiger partial charge in [-0.3, -0.25) is 0 Å². The molecule has 2 N–H and O–H groups in total. The van der Waals surface area contributed by atoms with Crippen molar-refractivity contribution in [3.63, 3.8) is 0 Å². The fourth-order valence-corrected chi connectivity index (χ4v) is 2.66. The Hall–Kier alpha value is -0.610. The molecule has 1 heterocycles. The summed E-state index contributed by atoms with van der Waals surface area (Å²) in [5, 5.41) is 18.5. The van der Waals surface area contributed by atoms with Crippen molar-refractivity contribution in [2.45, 2.75) is 32.3 Å². The van der Waals surface area contributed by atoms with Crippen LogP contribution in [0.2, 0.25) is 0 Å². The summed E-state index contributed by atoms with van der Waals surface area (Å²) in [5.41, 5.74) is -0.476. The lowest BCUT2D eigenvalue weighted by molar-refractivity contribution is -0.192. The summed E-state index contributed by atoms with van der Waals surface area (Å²) >= 11 is 0. The van der Waals surface area contributed by atoms with Crippen LogP contribution in [0.5, 0.6) is 0 Å². The first-order chi connectivity index (χ1) is 6.58. The zero-order chi connectivity index (χ0) is 10.4. The summed E-state index contributed by atoms with van der Waals surface area (Å²) in [4.78, 5) is 10.8. The fraction of sp³-hybridized carbons (Fsp3) is 0.900. The minimum absolute atomic E-state index is 0.0786. The standard InChI is InChI=1S/C10H16O4/c1-2-9(5-14-6-9)10(3-4-10)7(11)8(12)13/h7,11H,2-6H2,1H3,(H,12,13). The van der Waals surface area contributed by atoms with Crippen LogP contribution in [-0.4, -0.2) is 35.5 Å². The number of aliphatic hydroxyl groups is 1. The molecule has 80 valence electrons. The fourth-order valence-electron chi connectivity index (χ4n) is 2.66. The zero-order valence-electron chi connectivity index (χ0n) is 8.32. The van der Waals surface area contributed by atoms with Gasteiger partial charge in [-0.25, -0.2) is 4.79 Å². The van der Waals surface area contributed by atoms with Gasteiger partial charge in [0, 0.05) is 10.8 Å². The molecule has 0 spiro atoms. The third-order valence-corrected chi connectivity index (χ3v) is 4.04. The van der Waals surface area contributed by atoms with Gasteiger partial charge in [-0.15, -0.1) is 0 Å². The molecule has 1 saturated carbocycles. The van der Waals surface area contributed by atoms with Gasteiger partial charge < -0.3 is 14.9 Å². The minimum Gasteiger partial charge on any atom is -0.479 e. The quantitative estimate of drug-likeness (QED) is 0.698. The van der Waals surface area contributed by atoms with E-state index in [0.717, 1.165) is 19.3 Å². The Kier molecular flexibility index (Phi) is 2.08. The average molecular weight is 200 g/mol. The number of carboxylic acids is 1. The molecule has 0 aromatic rings. The maximum atomic E-state index is 10.8. The molecule has 0 aromatic heterocycles. The molecule has 0 aromatic carbocycles. The topological polar surface area (TPSA) is 66.8 Å². The molecule has 4 nitrogen and oxygen atoms in total. The Morgan fingerprint density at radius 1 is 1.50 bits per heavy atom. The highest BCUT2D eigenvalue weighted by Crippen LogP contribution is 2.65. The molecule has 0 radical (unpaired) electrons. The molecule has 2 aliphatic rings. The Morgan fingerprint density at radius 3 is 2.29 bits per heavy atom. The van der Waals surface area contributed by atoms with Crippen molar-refractivity contribution in [2.24, 2.45) is 10.8 Å². The Bertz CT molecular complexity index is 247. The second-order valence-corrected chi connectivity index (χ2v) is 4.52. The molecule has 14 heavy (non-hydrogen) atoms. The molecule has 2 fully saturated rings. The largest absolute Gasteiger partial charge is 0.479 e. The van der Waals surface area contributed by atoms with E-state index in [-0.39, 0.29) is 5.41 Å². The summed E-state index contributed by atoms with van der Waals surface area (Å²) in [6.07, 6.45) is 1.30. The van der Waals surface area contributed by atoms with Crippen LogP contribution >= 0.6 is 0 Å². The van der Waals surface area contributed by atoms with E-state index < -0.39 is 17.5 Å². The Morgan fingerprint density at radius 2 is 2.07 bits per heavy atom. The zero-order valence-corrected chi connectivity index (χ0v) is 8.32. The van der Waals surface area contributed by atoms with Gasteiger partial charge in [0.05, 0.1) is 13.2 Å². The molecule has 1 saturated heterocycles. The predicted octanol–water partition coefficient (Wildman–Crippen LogP) is 0.639. The molecular weight excluding hydrogens is 184 g/mol. The van der Waals surface area contributed by atoms with Gasteiger partial charge in [-0.05, 0) is 19.3 Å². The predicted molar refractivity (Wildman–Crippen MR) is 48.9 cm³/mol. The number of hydrogen-bond acceptors (Lipinski definition) is 3. The average Bonchev–Trinajstić information content (AvgIpc) is 2.83. The molecule has 1 atom stereocenters. The van der Waals surface area contributed by atoms with E-state index >= 15 is 0 Å². The molecule has 2 rings (SSSR count). The molecule has 4 heteroatoms. The van der Waals surface area contributed by atoms with Gasteiger partial charge in [0.25, 0.3) is 0 Å². The van der Waals surface area contributed by atoms with Gasteiger partial charge in [-0.1, -0.05) is 6.92 Å². The number of rotatable bonds is 4. The van der Waals surface area contributed by atoms with Gasteiger partial charge >= 0.3 is 5.97 Å². The van der Waals surface area contributed by atoms with Crippen molar-refractivity contribution in [2.75, 3.05) is 13.2 Å². The highest BCUT2D eigenvalue weighted by molar-refractivity contribution is 5.74. The second-order valence-electron chi connectivity index (χ2n) is 4.52. The van der Waals surface area contributed by atoms with Gasteiger partial charge in [0.2, 0.25) is 0 Å². The van der Waals surface area contributed by atoms with E-state index in [1.165, 1.54) is 0 Å². The van der Waals surface area contributed by atoms with Gasteiger partial charge in [0.15, 0.2) is 6.10 Å². The third kappa shape index (κ3) is 1.04. The molecular formula is C10H16O4. The van der Waals surface area contributed by atoms with Crippen LogP contribution in [-0.2, 0) is 9.53 Å². The molecule has 1 aliphatic heterocycles. The van der Waals surface area contributed by atoms with E-state index in [1.807, 2.05) is 6.92 Å². The third-order valence-electron chi connectivity index (χ3n) is 4.04. The van der Waals surface area contributed by atoms with Crippen LogP contribution in [0.4, 0.5) is 0 Å². The van der Waals surface area contributed by atoms with Gasteiger partial charge in [0.1, 0.15) is 0 Å². The number of aliphatic carboxylic acids is 1. The van der Waals surface area contributed by atoms with E-state index in [0.29, 0.717) is 13.2 Å². The molecule has 1 aliphatic carbocycles. The number of carboxylic acid groups (broad SMARTS) is 1. The molecule has 1 unspecified atom stereocenters. The summed E-state index contributed by atoms with van der Waals surface area (Å²) < 4.78 is 5.18. The lowest BCUT2D eigenvalue weighted by atomic mass is 9.66. The first-order valence-electron chi connectivity index (χ1n) is 5.07. The smallest absolute Gasteiger partial charge is 0.333 e. The molecule has 0 bridgehead atoms. The Labute approximate surface area is 82.9 Å². The first kappa shape index (κ1) is 9.93. The normalized spacial score (nSPS) is 29.0. The lowest BCUT2D eigenvalue weighted by Crippen LogP contribution is -2.55. The molecule has 0 amide bonds. The van der Waals surface area contributed by atoms with Gasteiger partial charge in [-0.2, -0.15) is 0 Å². The SMILES string of the molecule is CCC1(C2(C(O)C(=O)O)CC2)COC1. The van der Waals surface area contributed by atoms with Crippen molar-refractivity contribution < 1.29 is 19.7 Å². The van der Waals surface area contributed by atoms with Crippen molar-refractivity contribution in [1.29, 1.82) is 0 Å². The summed E-state index contributed by atoms with van der Waals surface area (Å²) in [6.45, 7) is 3.25. The van der Waals surface area contributed by atoms with E-state index in [1.54, 1.807) is 0 Å². The van der Waals surface area contributed by atoms with Crippen molar-refractivity contribution in [3.8, 4) is 0 Å². The van der Waals surface area contributed by atoms with Crippen molar-refractivity contribution in [3.05, 3.63) is 0 Å². The van der Waals surface area contributed by atoms with Crippen molar-refractivity contribution >= 4 is 5.97 Å². The van der Waals surface area contributed by atoms with Crippen LogP contribution in [0.3, 0.4) is 0 Å². The summed E-state index contributed by atoms with van der Waals surface area (Å²) in [7, 11) is 0. The highest BCUT2D eigenvalue weighted by Gasteiger charge is 2.66. The monoisotopic (exact) mass is 200 g/mol. The highest BCUT2D eigenvalue weighted by atomic mass is 16.5. The maximum absolute atomic E-state index is 10.8. The first-order valence-corrected chi connectivity index (χ1v) is 5.07. The van der Waals surface area contributed by atoms with E-state index in [2.05, 4.69) is 0 Å². The lowest BCUT2D eigenvalue weighted by Gasteiger charge is -2.48. The van der Waals surface area contributed by atoms with Crippen LogP contribution in [0.1, 0.15) is 26.2 Å². The van der Waals surface area contributed by atoms with Crippen LogP contribution < -0.4 is 0 Å². The number of hydrogen-bond donors (Lipinski definition) is 2. The van der Waals surface area contributed by atoms with E-state index in [4.69, 9.17) is 9.84 Å². The maximum Gasteiger partial charge on any atom is 0.333 e. The number of carbonyl (C=O) groups is 1. The second kappa shape index (κ2) is 2.94. The Balaban J connectivity index is 2.19. The number of aliphatic hydroxyl groups excluding tert-OH is 1. The van der Waals surface area contributed by atoms with Crippen LogP contribution in [0.25, 0.3) is 0 Å². The number of ether oxygens (including phenoxy) is 1. The minimum atomic E-state index is -1.22. The van der Waals surface area contributed by atoms with Crippen LogP contribution in [0.15, 0.2) is 0 Å². The summed E-state index contributed by atoms with van der Waals surface area (Å²) in [5.74, 6) is -1.10. The van der Waals surface area contributed by atoms with Crippen LogP contribution in [0, 0.1) is 10.8 Å². The van der Waals surface area contributed by atoms with E-state index in [9.17, 15) is 9.90 Å². The summed E-state index contributed by atoms with van der Waals surface area (Å²) in [6, 6.07) is 0.